The number of carboxylic acid groups (broad SMARTS) is 1. The van der Waals surface area contributed by atoms with Crippen LogP contribution in [0.25, 0.3) is 0 Å². The first kappa shape index (κ1) is 16.5. The lowest BCUT2D eigenvalue weighted by Crippen LogP contribution is -2.40. The lowest BCUT2D eigenvalue weighted by Gasteiger charge is -2.16. The lowest BCUT2D eigenvalue weighted by molar-refractivity contribution is -0.142. The summed E-state index contributed by atoms with van der Waals surface area (Å²) in [5.41, 5.74) is 1.33. The van der Waals surface area contributed by atoms with Crippen LogP contribution in [0.5, 0.6) is 0 Å². The first-order valence-corrected chi connectivity index (χ1v) is 8.22. The zero-order valence-electron chi connectivity index (χ0n) is 13.0. The van der Waals surface area contributed by atoms with Crippen molar-refractivity contribution in [3.63, 3.8) is 0 Å². The SMILES string of the molecule is O=C(N[C@H]1CCC[C@H]1C(=O)O)c1cnn(Cc2ccccc2Cl)c1. The number of carboxylic acids is 1. The van der Waals surface area contributed by atoms with Gasteiger partial charge in [0.25, 0.3) is 5.91 Å². The van der Waals surface area contributed by atoms with Crippen LogP contribution in [0.1, 0.15) is 35.2 Å². The molecule has 0 saturated heterocycles. The number of carbonyl (C=O) groups is 2. The van der Waals surface area contributed by atoms with Gasteiger partial charge in [-0.25, -0.2) is 0 Å². The first-order chi connectivity index (χ1) is 11.5. The van der Waals surface area contributed by atoms with Crippen LogP contribution >= 0.6 is 11.6 Å². The molecule has 1 heterocycles. The van der Waals surface area contributed by atoms with Crippen molar-refractivity contribution in [2.45, 2.75) is 31.8 Å². The summed E-state index contributed by atoms with van der Waals surface area (Å²) >= 11 is 6.13. The van der Waals surface area contributed by atoms with Gasteiger partial charge in [-0.3, -0.25) is 14.3 Å². The Labute approximate surface area is 144 Å². The van der Waals surface area contributed by atoms with Gasteiger partial charge in [-0.2, -0.15) is 5.10 Å². The van der Waals surface area contributed by atoms with Gasteiger partial charge >= 0.3 is 5.97 Å². The molecule has 1 aliphatic carbocycles. The van der Waals surface area contributed by atoms with Crippen molar-refractivity contribution >= 4 is 23.5 Å². The smallest absolute Gasteiger partial charge is 0.308 e. The molecule has 1 fully saturated rings. The summed E-state index contributed by atoms with van der Waals surface area (Å²) in [6.45, 7) is 0.466. The molecule has 0 radical (unpaired) electrons. The largest absolute Gasteiger partial charge is 0.481 e. The second kappa shape index (κ2) is 7.05. The Morgan fingerprint density at radius 1 is 1.33 bits per heavy atom. The maximum absolute atomic E-state index is 12.3. The molecule has 3 rings (SSSR count). The number of halogens is 1. The summed E-state index contributed by atoms with van der Waals surface area (Å²) in [4.78, 5) is 23.5. The van der Waals surface area contributed by atoms with E-state index in [1.807, 2.05) is 18.2 Å². The molecule has 0 unspecified atom stereocenters. The monoisotopic (exact) mass is 347 g/mol. The molecular formula is C17H18ClN3O3. The third kappa shape index (κ3) is 3.59. The van der Waals surface area contributed by atoms with E-state index < -0.39 is 11.9 Å². The zero-order valence-corrected chi connectivity index (χ0v) is 13.7. The molecule has 1 aromatic carbocycles. The van der Waals surface area contributed by atoms with Crippen LogP contribution in [-0.2, 0) is 11.3 Å². The number of carbonyl (C=O) groups excluding carboxylic acids is 1. The van der Waals surface area contributed by atoms with Gasteiger partial charge in [-0.05, 0) is 24.5 Å². The van der Waals surface area contributed by atoms with E-state index in [9.17, 15) is 14.7 Å². The molecule has 2 N–H and O–H groups in total. The molecule has 1 aliphatic rings. The van der Waals surface area contributed by atoms with E-state index >= 15 is 0 Å². The van der Waals surface area contributed by atoms with Gasteiger partial charge in [0, 0.05) is 17.3 Å². The summed E-state index contributed by atoms with van der Waals surface area (Å²) < 4.78 is 1.64. The van der Waals surface area contributed by atoms with Gasteiger partial charge in [0.05, 0.1) is 24.2 Å². The minimum Gasteiger partial charge on any atom is -0.481 e. The fourth-order valence-corrected chi connectivity index (χ4v) is 3.24. The van der Waals surface area contributed by atoms with Crippen molar-refractivity contribution in [2.75, 3.05) is 0 Å². The highest BCUT2D eigenvalue weighted by molar-refractivity contribution is 6.31. The van der Waals surface area contributed by atoms with E-state index in [-0.39, 0.29) is 11.9 Å². The van der Waals surface area contributed by atoms with Crippen molar-refractivity contribution in [2.24, 2.45) is 5.92 Å². The number of hydrogen-bond donors (Lipinski definition) is 2. The molecule has 1 saturated carbocycles. The van der Waals surface area contributed by atoms with E-state index in [0.717, 1.165) is 12.0 Å². The van der Waals surface area contributed by atoms with Crippen LogP contribution in [0.15, 0.2) is 36.7 Å². The van der Waals surface area contributed by atoms with E-state index in [2.05, 4.69) is 10.4 Å². The van der Waals surface area contributed by atoms with Crippen LogP contribution in [0.2, 0.25) is 5.02 Å². The van der Waals surface area contributed by atoms with Crippen LogP contribution in [0, 0.1) is 5.92 Å². The van der Waals surface area contributed by atoms with Crippen molar-refractivity contribution in [3.8, 4) is 0 Å². The maximum atomic E-state index is 12.3. The fourth-order valence-electron chi connectivity index (χ4n) is 3.05. The Hall–Kier alpha value is -2.34. The second-order valence-corrected chi connectivity index (χ2v) is 6.38. The minimum atomic E-state index is -0.854. The Morgan fingerprint density at radius 3 is 2.88 bits per heavy atom. The Morgan fingerprint density at radius 2 is 2.12 bits per heavy atom. The highest BCUT2D eigenvalue weighted by Gasteiger charge is 2.34. The third-order valence-corrected chi connectivity index (χ3v) is 4.70. The van der Waals surface area contributed by atoms with Crippen LogP contribution in [0.4, 0.5) is 0 Å². The van der Waals surface area contributed by atoms with Crippen molar-refractivity contribution in [1.29, 1.82) is 0 Å². The molecule has 0 spiro atoms. The lowest BCUT2D eigenvalue weighted by atomic mass is 10.0. The van der Waals surface area contributed by atoms with Gasteiger partial charge in [-0.1, -0.05) is 36.2 Å². The molecule has 126 valence electrons. The number of benzene rings is 1. The van der Waals surface area contributed by atoms with Gasteiger partial charge in [0.15, 0.2) is 0 Å². The first-order valence-electron chi connectivity index (χ1n) is 7.84. The molecule has 0 aliphatic heterocycles. The van der Waals surface area contributed by atoms with Crippen LogP contribution in [0.3, 0.4) is 0 Å². The topological polar surface area (TPSA) is 84.2 Å². The molecule has 0 bridgehead atoms. The van der Waals surface area contributed by atoms with Crippen LogP contribution in [-0.4, -0.2) is 32.8 Å². The van der Waals surface area contributed by atoms with Crippen molar-refractivity contribution < 1.29 is 14.7 Å². The highest BCUT2D eigenvalue weighted by Crippen LogP contribution is 2.26. The fraction of sp³-hybridized carbons (Fsp3) is 0.353. The van der Waals surface area contributed by atoms with Crippen molar-refractivity contribution in [3.05, 3.63) is 52.8 Å². The second-order valence-electron chi connectivity index (χ2n) is 5.97. The van der Waals surface area contributed by atoms with Gasteiger partial charge < -0.3 is 10.4 Å². The molecule has 2 aromatic rings. The predicted octanol–water partition coefficient (Wildman–Crippen LogP) is 2.57. The van der Waals surface area contributed by atoms with Gasteiger partial charge in [0.1, 0.15) is 0 Å². The van der Waals surface area contributed by atoms with E-state index in [1.165, 1.54) is 6.20 Å². The number of aliphatic carboxylic acids is 1. The standard InChI is InChI=1S/C17H18ClN3O3/c18-14-6-2-1-4-11(14)9-21-10-12(8-19-21)16(22)20-15-7-3-5-13(15)17(23)24/h1-2,4,6,8,10,13,15H,3,5,7,9H2,(H,20,22)(H,23,24)/t13-,15+/m1/s1. The summed E-state index contributed by atoms with van der Waals surface area (Å²) in [5.74, 6) is -1.65. The summed E-state index contributed by atoms with van der Waals surface area (Å²) in [6, 6.07) is 7.14. The average Bonchev–Trinajstić information content (AvgIpc) is 3.19. The maximum Gasteiger partial charge on any atom is 0.308 e. The molecule has 1 aromatic heterocycles. The average molecular weight is 348 g/mol. The molecule has 24 heavy (non-hydrogen) atoms. The van der Waals surface area contributed by atoms with E-state index in [0.29, 0.717) is 30.0 Å². The number of amides is 1. The normalized spacial score (nSPS) is 20.0. The van der Waals surface area contributed by atoms with Crippen LogP contribution < -0.4 is 5.32 Å². The van der Waals surface area contributed by atoms with E-state index in [4.69, 9.17) is 11.6 Å². The van der Waals surface area contributed by atoms with Crippen molar-refractivity contribution in [1.82, 2.24) is 15.1 Å². The molecule has 6 nitrogen and oxygen atoms in total. The summed E-state index contributed by atoms with van der Waals surface area (Å²) in [7, 11) is 0. The quantitative estimate of drug-likeness (QED) is 0.870. The minimum absolute atomic E-state index is 0.293. The van der Waals surface area contributed by atoms with Gasteiger partial charge in [-0.15, -0.1) is 0 Å². The van der Waals surface area contributed by atoms with E-state index in [1.54, 1.807) is 16.9 Å². The number of nitrogens with one attached hydrogen (secondary N) is 1. The highest BCUT2D eigenvalue weighted by atomic mass is 35.5. The van der Waals surface area contributed by atoms with Gasteiger partial charge in [0.2, 0.25) is 0 Å². The molecular weight excluding hydrogens is 330 g/mol. The molecule has 2 atom stereocenters. The third-order valence-electron chi connectivity index (χ3n) is 4.34. The Kier molecular flexibility index (Phi) is 4.85. The number of rotatable bonds is 5. The predicted molar refractivity (Wildman–Crippen MR) is 89.0 cm³/mol. The Balaban J connectivity index is 1.66. The zero-order chi connectivity index (χ0) is 17.1. The molecule has 1 amide bonds. The number of nitrogens with zero attached hydrogens (tertiary/aromatic N) is 2. The summed E-state index contributed by atoms with van der Waals surface area (Å²) in [6.07, 6.45) is 5.23. The Bertz CT molecular complexity index is 759. The number of aromatic nitrogens is 2. The molecule has 7 heteroatoms. The summed E-state index contributed by atoms with van der Waals surface area (Å²) in [5, 5.41) is 16.8. The number of hydrogen-bond acceptors (Lipinski definition) is 3.